The standard InChI is InChI=1S/C18H14BrClN4S/c1-10-7-12(19)3-5-14(10)22-18-23-15(9-25-18)17-11(2)21-16-6-4-13(20)8-24(16)17/h3-9H,1-2H3,(H,22,23). The van der Waals surface area contributed by atoms with Crippen LogP contribution >= 0.6 is 38.9 Å². The van der Waals surface area contributed by atoms with E-state index in [0.29, 0.717) is 5.02 Å². The van der Waals surface area contributed by atoms with Crippen molar-refractivity contribution in [2.24, 2.45) is 0 Å². The van der Waals surface area contributed by atoms with Crippen LogP contribution in [0.3, 0.4) is 0 Å². The lowest BCUT2D eigenvalue weighted by Gasteiger charge is -2.06. The summed E-state index contributed by atoms with van der Waals surface area (Å²) in [5.41, 5.74) is 5.84. The molecule has 1 N–H and O–H groups in total. The number of hydrogen-bond donors (Lipinski definition) is 1. The summed E-state index contributed by atoms with van der Waals surface area (Å²) in [7, 11) is 0. The molecule has 0 bridgehead atoms. The molecule has 4 rings (SSSR count). The molecule has 1 aromatic carbocycles. The first-order valence-corrected chi connectivity index (χ1v) is 9.69. The molecule has 0 saturated heterocycles. The molecule has 7 heteroatoms. The number of benzene rings is 1. The summed E-state index contributed by atoms with van der Waals surface area (Å²) in [6.45, 7) is 4.06. The number of aryl methyl sites for hydroxylation is 2. The summed E-state index contributed by atoms with van der Waals surface area (Å²) < 4.78 is 3.05. The van der Waals surface area contributed by atoms with Gasteiger partial charge in [-0.2, -0.15) is 0 Å². The molecule has 126 valence electrons. The first-order chi connectivity index (χ1) is 12.0. The van der Waals surface area contributed by atoms with Crippen molar-refractivity contribution in [1.29, 1.82) is 0 Å². The van der Waals surface area contributed by atoms with Gasteiger partial charge in [-0.15, -0.1) is 11.3 Å². The Morgan fingerprint density at radius 3 is 2.80 bits per heavy atom. The van der Waals surface area contributed by atoms with Gasteiger partial charge < -0.3 is 5.32 Å². The highest BCUT2D eigenvalue weighted by Gasteiger charge is 2.15. The maximum absolute atomic E-state index is 6.15. The number of hydrogen-bond acceptors (Lipinski definition) is 4. The van der Waals surface area contributed by atoms with Crippen molar-refractivity contribution in [3.63, 3.8) is 0 Å². The van der Waals surface area contributed by atoms with Gasteiger partial charge >= 0.3 is 0 Å². The summed E-state index contributed by atoms with van der Waals surface area (Å²) in [6.07, 6.45) is 1.87. The largest absolute Gasteiger partial charge is 0.331 e. The van der Waals surface area contributed by atoms with Crippen LogP contribution in [0.2, 0.25) is 5.02 Å². The van der Waals surface area contributed by atoms with E-state index in [1.807, 2.05) is 47.2 Å². The Kier molecular flexibility index (Phi) is 4.27. The Balaban J connectivity index is 1.72. The zero-order chi connectivity index (χ0) is 17.6. The maximum atomic E-state index is 6.15. The molecule has 0 aliphatic heterocycles. The van der Waals surface area contributed by atoms with Gasteiger partial charge in [-0.25, -0.2) is 9.97 Å². The summed E-state index contributed by atoms with van der Waals surface area (Å²) >= 11 is 11.2. The second-order valence-electron chi connectivity index (χ2n) is 5.74. The van der Waals surface area contributed by atoms with Crippen LogP contribution in [0.25, 0.3) is 17.0 Å². The molecule has 0 aliphatic carbocycles. The normalized spacial score (nSPS) is 11.2. The van der Waals surface area contributed by atoms with Crippen LogP contribution in [0.15, 0.2) is 46.4 Å². The summed E-state index contributed by atoms with van der Waals surface area (Å²) in [5, 5.41) is 6.94. The van der Waals surface area contributed by atoms with E-state index in [0.717, 1.165) is 43.6 Å². The number of rotatable bonds is 3. The van der Waals surface area contributed by atoms with Gasteiger partial charge in [0.05, 0.1) is 16.4 Å². The van der Waals surface area contributed by atoms with E-state index in [-0.39, 0.29) is 0 Å². The number of thiazole rings is 1. The smallest absolute Gasteiger partial charge is 0.187 e. The zero-order valence-corrected chi connectivity index (χ0v) is 16.7. The van der Waals surface area contributed by atoms with Crippen molar-refractivity contribution in [1.82, 2.24) is 14.4 Å². The molecule has 0 amide bonds. The van der Waals surface area contributed by atoms with E-state index in [1.54, 1.807) is 11.3 Å². The molecular weight excluding hydrogens is 420 g/mol. The van der Waals surface area contributed by atoms with Crippen LogP contribution < -0.4 is 5.32 Å². The van der Waals surface area contributed by atoms with Gasteiger partial charge in [0.25, 0.3) is 0 Å². The molecule has 4 nitrogen and oxygen atoms in total. The van der Waals surface area contributed by atoms with Gasteiger partial charge in [-0.05, 0) is 49.7 Å². The highest BCUT2D eigenvalue weighted by atomic mass is 79.9. The van der Waals surface area contributed by atoms with Crippen molar-refractivity contribution < 1.29 is 0 Å². The fourth-order valence-corrected chi connectivity index (χ4v) is 4.11. The van der Waals surface area contributed by atoms with Crippen LogP contribution in [0.4, 0.5) is 10.8 Å². The Bertz CT molecular complexity index is 1090. The second-order valence-corrected chi connectivity index (χ2v) is 7.95. The van der Waals surface area contributed by atoms with Crippen molar-refractivity contribution in [3.05, 3.63) is 62.7 Å². The molecule has 3 heterocycles. The Labute approximate surface area is 162 Å². The number of fused-ring (bicyclic) bond motifs is 1. The molecule has 0 unspecified atom stereocenters. The lowest BCUT2D eigenvalue weighted by molar-refractivity contribution is 1.17. The molecule has 4 aromatic rings. The lowest BCUT2D eigenvalue weighted by Crippen LogP contribution is -1.94. The highest BCUT2D eigenvalue weighted by Crippen LogP contribution is 2.31. The first-order valence-electron chi connectivity index (χ1n) is 7.64. The van der Waals surface area contributed by atoms with Crippen LogP contribution in [-0.4, -0.2) is 14.4 Å². The van der Waals surface area contributed by atoms with Crippen LogP contribution in [0.1, 0.15) is 11.3 Å². The number of pyridine rings is 1. The van der Waals surface area contributed by atoms with Gasteiger partial charge in [0.15, 0.2) is 5.13 Å². The molecular formula is C18H14BrClN4S. The number of nitrogens with zero attached hydrogens (tertiary/aromatic N) is 3. The first kappa shape index (κ1) is 16.6. The summed E-state index contributed by atoms with van der Waals surface area (Å²) in [6, 6.07) is 9.89. The minimum absolute atomic E-state index is 0.671. The molecule has 0 radical (unpaired) electrons. The third-order valence-electron chi connectivity index (χ3n) is 3.93. The van der Waals surface area contributed by atoms with Crippen LogP contribution in [0.5, 0.6) is 0 Å². The number of anilines is 2. The average molecular weight is 434 g/mol. The van der Waals surface area contributed by atoms with Crippen molar-refractivity contribution in [3.8, 4) is 11.4 Å². The molecule has 0 atom stereocenters. The number of nitrogens with one attached hydrogen (secondary N) is 1. The van der Waals surface area contributed by atoms with E-state index in [2.05, 4.69) is 39.2 Å². The third-order valence-corrected chi connectivity index (χ3v) is 5.41. The predicted octanol–water partition coefficient (Wildman–Crippen LogP) is 6.23. The Morgan fingerprint density at radius 2 is 2.00 bits per heavy atom. The van der Waals surface area contributed by atoms with E-state index in [9.17, 15) is 0 Å². The molecule has 25 heavy (non-hydrogen) atoms. The van der Waals surface area contributed by atoms with Gasteiger partial charge in [-0.3, -0.25) is 4.40 Å². The molecule has 0 spiro atoms. The monoisotopic (exact) mass is 432 g/mol. The zero-order valence-electron chi connectivity index (χ0n) is 13.5. The number of halogens is 2. The van der Waals surface area contributed by atoms with Crippen molar-refractivity contribution in [2.75, 3.05) is 5.32 Å². The fourth-order valence-electron chi connectivity index (χ4n) is 2.77. The van der Waals surface area contributed by atoms with Crippen molar-refractivity contribution in [2.45, 2.75) is 13.8 Å². The predicted molar refractivity (Wildman–Crippen MR) is 108 cm³/mol. The van der Waals surface area contributed by atoms with E-state index < -0.39 is 0 Å². The van der Waals surface area contributed by atoms with Crippen LogP contribution in [0, 0.1) is 13.8 Å². The van der Waals surface area contributed by atoms with Gasteiger partial charge in [0.1, 0.15) is 11.3 Å². The second kappa shape index (κ2) is 6.44. The quantitative estimate of drug-likeness (QED) is 0.416. The lowest BCUT2D eigenvalue weighted by atomic mass is 10.2. The van der Waals surface area contributed by atoms with Crippen LogP contribution in [-0.2, 0) is 0 Å². The number of aromatic nitrogens is 3. The van der Waals surface area contributed by atoms with Gasteiger partial charge in [0, 0.05) is 21.7 Å². The molecule has 0 saturated carbocycles. The fraction of sp³-hybridized carbons (Fsp3) is 0.111. The molecule has 3 aromatic heterocycles. The molecule has 0 fully saturated rings. The molecule has 0 aliphatic rings. The SMILES string of the molecule is Cc1cc(Br)ccc1Nc1nc(-c2c(C)nc3ccc(Cl)cn23)cs1. The number of imidazole rings is 1. The minimum atomic E-state index is 0.671. The van der Waals surface area contributed by atoms with Crippen molar-refractivity contribution >= 4 is 55.3 Å². The van der Waals surface area contributed by atoms with Gasteiger partial charge in [0.2, 0.25) is 0 Å². The average Bonchev–Trinajstić information content (AvgIpc) is 3.13. The van der Waals surface area contributed by atoms with Gasteiger partial charge in [-0.1, -0.05) is 27.5 Å². The van der Waals surface area contributed by atoms with E-state index >= 15 is 0 Å². The Hall–Kier alpha value is -1.89. The minimum Gasteiger partial charge on any atom is -0.331 e. The topological polar surface area (TPSA) is 42.2 Å². The Morgan fingerprint density at radius 1 is 1.16 bits per heavy atom. The highest BCUT2D eigenvalue weighted by molar-refractivity contribution is 9.10. The van der Waals surface area contributed by atoms with E-state index in [1.165, 1.54) is 0 Å². The summed E-state index contributed by atoms with van der Waals surface area (Å²) in [5.74, 6) is 0. The summed E-state index contributed by atoms with van der Waals surface area (Å²) in [4.78, 5) is 9.33. The van der Waals surface area contributed by atoms with E-state index in [4.69, 9.17) is 16.6 Å². The third kappa shape index (κ3) is 3.17. The maximum Gasteiger partial charge on any atom is 0.187 e.